The minimum Gasteiger partial charge on any atom is -0.321 e. The van der Waals surface area contributed by atoms with Crippen molar-refractivity contribution >= 4 is 23.6 Å². The number of carbonyl (C=O) groups excluding carboxylic acids is 1. The van der Waals surface area contributed by atoms with Gasteiger partial charge in [-0.2, -0.15) is 13.2 Å². The van der Waals surface area contributed by atoms with Crippen LogP contribution in [0.1, 0.15) is 11.6 Å². The molecule has 0 fully saturated rings. The lowest BCUT2D eigenvalue weighted by Crippen LogP contribution is -2.31. The maximum Gasteiger partial charge on any atom is 0.419 e. The molecule has 0 saturated carbocycles. The molecule has 0 spiro atoms. The van der Waals surface area contributed by atoms with Gasteiger partial charge in [0, 0.05) is 12.3 Å². The van der Waals surface area contributed by atoms with Gasteiger partial charge in [0.05, 0.1) is 11.3 Å². The summed E-state index contributed by atoms with van der Waals surface area (Å²) in [5.74, 6) is -2.23. The normalized spacial score (nSPS) is 16.1. The summed E-state index contributed by atoms with van der Waals surface area (Å²) in [6, 6.07) is 5.55. The highest BCUT2D eigenvalue weighted by Crippen LogP contribution is 2.34. The maximum absolute atomic E-state index is 14.0. The molecule has 2 aromatic rings. The summed E-state index contributed by atoms with van der Waals surface area (Å²) in [6.45, 7) is 0. The summed E-state index contributed by atoms with van der Waals surface area (Å²) < 4.78 is 53.1. The van der Waals surface area contributed by atoms with E-state index in [4.69, 9.17) is 0 Å². The van der Waals surface area contributed by atoms with E-state index >= 15 is 0 Å². The van der Waals surface area contributed by atoms with Gasteiger partial charge in [0.2, 0.25) is 0 Å². The van der Waals surface area contributed by atoms with Gasteiger partial charge in [-0.15, -0.1) is 0 Å². The molecule has 1 N–H and O–H groups in total. The van der Waals surface area contributed by atoms with E-state index in [0.717, 1.165) is 22.9 Å². The Labute approximate surface area is 132 Å². The zero-order valence-corrected chi connectivity index (χ0v) is 11.8. The third-order valence-electron chi connectivity index (χ3n) is 3.43. The molecule has 1 unspecified atom stereocenters. The van der Waals surface area contributed by atoms with Crippen LogP contribution >= 0.6 is 0 Å². The summed E-state index contributed by atoms with van der Waals surface area (Å²) in [5, 5.41) is 2.07. The third-order valence-corrected chi connectivity index (χ3v) is 3.43. The van der Waals surface area contributed by atoms with Gasteiger partial charge >= 0.3 is 6.18 Å². The fourth-order valence-corrected chi connectivity index (χ4v) is 2.33. The Hall–Kier alpha value is -2.97. The van der Waals surface area contributed by atoms with Gasteiger partial charge in [0.1, 0.15) is 5.82 Å². The van der Waals surface area contributed by atoms with Crippen LogP contribution in [0.2, 0.25) is 0 Å². The van der Waals surface area contributed by atoms with Crippen LogP contribution in [-0.4, -0.2) is 16.7 Å². The minimum atomic E-state index is -4.89. The standard InChI is InChI=1S/C15H9F4N3O2/c16-13-8(15(17,18)19)3-1-4-9(13)21-14(24)10-7-20-11-5-2-6-12(23)22(10)11/h1-7,10H,(H,21,24). The first-order chi connectivity index (χ1) is 11.3. The number of rotatable bonds is 2. The number of fused-ring (bicyclic) bond motifs is 1. The Bertz CT molecular complexity index is 902. The van der Waals surface area contributed by atoms with Crippen LogP contribution < -0.4 is 10.9 Å². The van der Waals surface area contributed by atoms with Crippen molar-refractivity contribution in [3.05, 3.63) is 58.1 Å². The van der Waals surface area contributed by atoms with Gasteiger partial charge in [-0.1, -0.05) is 12.1 Å². The quantitative estimate of drug-likeness (QED) is 0.855. The molecule has 0 bridgehead atoms. The SMILES string of the molecule is O=C(Nc1cccc(C(F)(F)F)c1F)C1C=Nc2cccc(=O)n21. The molecule has 1 amide bonds. The molecule has 0 saturated heterocycles. The number of benzene rings is 1. The molecule has 1 atom stereocenters. The van der Waals surface area contributed by atoms with Crippen LogP contribution in [0, 0.1) is 5.82 Å². The molecule has 9 heteroatoms. The van der Waals surface area contributed by atoms with E-state index in [1.165, 1.54) is 18.2 Å². The van der Waals surface area contributed by atoms with Crippen LogP contribution in [0.25, 0.3) is 0 Å². The number of hydrogen-bond donors (Lipinski definition) is 1. The van der Waals surface area contributed by atoms with E-state index in [1.54, 1.807) is 0 Å². The first kappa shape index (κ1) is 15.9. The molecule has 1 aliphatic heterocycles. The van der Waals surface area contributed by atoms with E-state index in [9.17, 15) is 27.2 Å². The number of pyridine rings is 1. The molecule has 24 heavy (non-hydrogen) atoms. The predicted octanol–water partition coefficient (Wildman–Crippen LogP) is 2.90. The van der Waals surface area contributed by atoms with Gasteiger partial charge in [0.15, 0.2) is 11.9 Å². The van der Waals surface area contributed by atoms with Gasteiger partial charge in [-0.05, 0) is 18.2 Å². The molecule has 0 radical (unpaired) electrons. The van der Waals surface area contributed by atoms with Crippen molar-refractivity contribution < 1.29 is 22.4 Å². The van der Waals surface area contributed by atoms with E-state index < -0.39 is 40.8 Å². The van der Waals surface area contributed by atoms with E-state index in [0.29, 0.717) is 6.07 Å². The second kappa shape index (κ2) is 5.59. The van der Waals surface area contributed by atoms with Crippen molar-refractivity contribution in [3.63, 3.8) is 0 Å². The van der Waals surface area contributed by atoms with Gasteiger partial charge in [-0.25, -0.2) is 9.38 Å². The number of anilines is 1. The van der Waals surface area contributed by atoms with Crippen molar-refractivity contribution in [1.29, 1.82) is 0 Å². The first-order valence-electron chi connectivity index (χ1n) is 6.71. The highest BCUT2D eigenvalue weighted by atomic mass is 19.4. The molecule has 3 rings (SSSR count). The number of hydrogen-bond acceptors (Lipinski definition) is 3. The zero-order valence-electron chi connectivity index (χ0n) is 11.8. The van der Waals surface area contributed by atoms with Gasteiger partial charge in [0.25, 0.3) is 11.5 Å². The number of carbonyl (C=O) groups is 1. The lowest BCUT2D eigenvalue weighted by Gasteiger charge is -2.15. The number of halogens is 4. The topological polar surface area (TPSA) is 63.5 Å². The Morgan fingerprint density at radius 2 is 1.88 bits per heavy atom. The highest BCUT2D eigenvalue weighted by Gasteiger charge is 2.35. The van der Waals surface area contributed by atoms with Gasteiger partial charge in [-0.3, -0.25) is 14.2 Å². The molecule has 5 nitrogen and oxygen atoms in total. The van der Waals surface area contributed by atoms with Crippen molar-refractivity contribution in [2.75, 3.05) is 5.32 Å². The molecule has 1 aromatic heterocycles. The van der Waals surface area contributed by atoms with E-state index in [1.807, 2.05) is 0 Å². The van der Waals surface area contributed by atoms with Crippen LogP contribution in [0.3, 0.4) is 0 Å². The first-order valence-corrected chi connectivity index (χ1v) is 6.71. The fraction of sp³-hybridized carbons (Fsp3) is 0.133. The van der Waals surface area contributed by atoms with Gasteiger partial charge < -0.3 is 5.32 Å². The molecule has 1 aliphatic rings. The van der Waals surface area contributed by atoms with Crippen molar-refractivity contribution in [2.24, 2.45) is 4.99 Å². The maximum atomic E-state index is 14.0. The van der Waals surface area contributed by atoms with Crippen LogP contribution in [0.15, 0.2) is 46.2 Å². The average Bonchev–Trinajstić information content (AvgIpc) is 2.93. The largest absolute Gasteiger partial charge is 0.419 e. The number of nitrogens with one attached hydrogen (secondary N) is 1. The van der Waals surface area contributed by atoms with Crippen LogP contribution in [0.4, 0.5) is 29.1 Å². The average molecular weight is 339 g/mol. The lowest BCUT2D eigenvalue weighted by atomic mass is 10.1. The smallest absolute Gasteiger partial charge is 0.321 e. The highest BCUT2D eigenvalue weighted by molar-refractivity contribution is 6.05. The second-order valence-electron chi connectivity index (χ2n) is 4.97. The Morgan fingerprint density at radius 3 is 2.58 bits per heavy atom. The predicted molar refractivity (Wildman–Crippen MR) is 77.9 cm³/mol. The molecular formula is C15H9F4N3O2. The lowest BCUT2D eigenvalue weighted by molar-refractivity contribution is -0.140. The Morgan fingerprint density at radius 1 is 1.17 bits per heavy atom. The summed E-state index contributed by atoms with van der Waals surface area (Å²) in [4.78, 5) is 27.9. The summed E-state index contributed by atoms with van der Waals surface area (Å²) in [5.41, 5.74) is -2.62. The fourth-order valence-electron chi connectivity index (χ4n) is 2.33. The molecule has 1 aromatic carbocycles. The molecule has 2 heterocycles. The minimum absolute atomic E-state index is 0.229. The van der Waals surface area contributed by atoms with Crippen LogP contribution in [-0.2, 0) is 11.0 Å². The summed E-state index contributed by atoms with van der Waals surface area (Å²) in [6.07, 6.45) is -3.72. The Kier molecular flexibility index (Phi) is 3.70. The number of nitrogens with zero attached hydrogens (tertiary/aromatic N) is 2. The summed E-state index contributed by atoms with van der Waals surface area (Å²) >= 11 is 0. The van der Waals surface area contributed by atoms with Crippen molar-refractivity contribution in [2.45, 2.75) is 12.2 Å². The van der Waals surface area contributed by atoms with Crippen molar-refractivity contribution in [3.8, 4) is 0 Å². The monoisotopic (exact) mass is 339 g/mol. The molecule has 0 aliphatic carbocycles. The molecular weight excluding hydrogens is 330 g/mol. The number of alkyl halides is 3. The zero-order chi connectivity index (χ0) is 17.5. The van der Waals surface area contributed by atoms with Crippen LogP contribution in [0.5, 0.6) is 0 Å². The number of aromatic nitrogens is 1. The summed E-state index contributed by atoms with van der Waals surface area (Å²) in [7, 11) is 0. The van der Waals surface area contributed by atoms with Crippen molar-refractivity contribution in [1.82, 2.24) is 4.57 Å². The number of amides is 1. The second-order valence-corrected chi connectivity index (χ2v) is 4.97. The Balaban J connectivity index is 1.91. The van der Waals surface area contributed by atoms with E-state index in [2.05, 4.69) is 10.3 Å². The van der Waals surface area contributed by atoms with E-state index in [-0.39, 0.29) is 5.82 Å². The number of aliphatic imine (C=N–C) groups is 1. The third kappa shape index (κ3) is 2.68. The molecule has 124 valence electrons.